The van der Waals surface area contributed by atoms with Crippen LogP contribution in [0.1, 0.15) is 18.5 Å². The summed E-state index contributed by atoms with van der Waals surface area (Å²) in [5.74, 6) is 0.867. The second kappa shape index (κ2) is 5.82. The first kappa shape index (κ1) is 12.9. The van der Waals surface area contributed by atoms with Crippen molar-refractivity contribution in [3.8, 4) is 5.75 Å². The highest BCUT2D eigenvalue weighted by atomic mass is 32.1. The van der Waals surface area contributed by atoms with Crippen LogP contribution in [0.3, 0.4) is 0 Å². The number of hydrogen-bond acceptors (Lipinski definition) is 3. The molecule has 0 fully saturated rings. The molecule has 1 atom stereocenters. The molecule has 3 nitrogen and oxygen atoms in total. The van der Waals surface area contributed by atoms with Crippen LogP contribution in [-0.2, 0) is 0 Å². The molecule has 0 aliphatic rings. The van der Waals surface area contributed by atoms with E-state index in [-0.39, 0.29) is 6.04 Å². The van der Waals surface area contributed by atoms with Gasteiger partial charge in [0.15, 0.2) is 0 Å². The molecule has 4 heteroatoms. The van der Waals surface area contributed by atoms with Gasteiger partial charge >= 0.3 is 0 Å². The van der Waals surface area contributed by atoms with Crippen molar-refractivity contribution >= 4 is 17.2 Å². The predicted molar refractivity (Wildman–Crippen MR) is 70.8 cm³/mol. The molecule has 2 N–H and O–H groups in total. The number of benzene rings is 1. The molecule has 0 amide bonds. The third kappa shape index (κ3) is 3.18. The van der Waals surface area contributed by atoms with E-state index < -0.39 is 0 Å². The van der Waals surface area contributed by atoms with Crippen molar-refractivity contribution in [1.82, 2.24) is 4.90 Å². The van der Waals surface area contributed by atoms with Crippen molar-refractivity contribution in [1.29, 1.82) is 0 Å². The second-order valence-corrected chi connectivity index (χ2v) is 4.24. The Morgan fingerprint density at radius 3 is 2.31 bits per heavy atom. The van der Waals surface area contributed by atoms with E-state index in [9.17, 15) is 0 Å². The third-order valence-corrected chi connectivity index (χ3v) is 2.52. The number of thiocarbonyl (C=S) groups is 1. The molecule has 0 saturated carbocycles. The van der Waals surface area contributed by atoms with Crippen molar-refractivity contribution in [2.45, 2.75) is 13.0 Å². The summed E-state index contributed by atoms with van der Waals surface area (Å²) in [4.78, 5) is 2.48. The van der Waals surface area contributed by atoms with Gasteiger partial charge in [-0.2, -0.15) is 0 Å². The molecule has 0 aliphatic carbocycles. The van der Waals surface area contributed by atoms with E-state index in [1.54, 1.807) is 0 Å². The zero-order chi connectivity index (χ0) is 12.1. The van der Waals surface area contributed by atoms with Gasteiger partial charge in [-0.1, -0.05) is 24.4 Å². The van der Waals surface area contributed by atoms with Crippen LogP contribution < -0.4 is 10.5 Å². The van der Waals surface area contributed by atoms with Crippen LogP contribution >= 0.6 is 12.2 Å². The molecule has 0 aromatic heterocycles. The van der Waals surface area contributed by atoms with E-state index in [1.165, 1.54) is 0 Å². The molecular weight excluding hydrogens is 220 g/mol. The molecule has 0 heterocycles. The molecular formula is C12H18N2OS. The van der Waals surface area contributed by atoms with E-state index in [0.717, 1.165) is 11.3 Å². The van der Waals surface area contributed by atoms with E-state index in [4.69, 9.17) is 22.7 Å². The minimum absolute atomic E-state index is 0.0225. The van der Waals surface area contributed by atoms with E-state index in [2.05, 4.69) is 0 Å². The first-order chi connectivity index (χ1) is 7.56. The van der Waals surface area contributed by atoms with Gasteiger partial charge < -0.3 is 10.5 Å². The largest absolute Gasteiger partial charge is 0.494 e. The topological polar surface area (TPSA) is 38.5 Å². The fraction of sp³-hybridized carbons (Fsp3) is 0.417. The summed E-state index contributed by atoms with van der Waals surface area (Å²) >= 11 is 5.06. The van der Waals surface area contributed by atoms with Gasteiger partial charge in [0.2, 0.25) is 0 Å². The van der Waals surface area contributed by atoms with E-state index in [0.29, 0.717) is 11.6 Å². The fourth-order valence-electron chi connectivity index (χ4n) is 1.63. The smallest absolute Gasteiger partial charge is 0.119 e. The van der Waals surface area contributed by atoms with Gasteiger partial charge in [0.25, 0.3) is 0 Å². The molecule has 1 aromatic carbocycles. The summed E-state index contributed by atoms with van der Waals surface area (Å²) in [6.07, 6.45) is 0. The molecule has 88 valence electrons. The Bertz CT molecular complexity index is 349. The maximum absolute atomic E-state index is 5.72. The van der Waals surface area contributed by atoms with Crippen LogP contribution in [0.15, 0.2) is 24.3 Å². The number of ether oxygens (including phenoxy) is 1. The van der Waals surface area contributed by atoms with Gasteiger partial charge in [0, 0.05) is 0 Å². The maximum atomic E-state index is 5.72. The molecule has 0 saturated heterocycles. The summed E-state index contributed by atoms with van der Waals surface area (Å²) in [7, 11) is 3.92. The highest BCUT2D eigenvalue weighted by molar-refractivity contribution is 7.80. The second-order valence-electron chi connectivity index (χ2n) is 3.77. The molecule has 0 aliphatic heterocycles. The zero-order valence-corrected chi connectivity index (χ0v) is 10.8. The lowest BCUT2D eigenvalue weighted by molar-refractivity contribution is 0.339. The van der Waals surface area contributed by atoms with Crippen molar-refractivity contribution < 1.29 is 4.74 Å². The number of rotatable bonds is 5. The monoisotopic (exact) mass is 238 g/mol. The minimum atomic E-state index is -0.0225. The average Bonchev–Trinajstić information content (AvgIpc) is 2.20. The Balaban J connectivity index is 2.90. The van der Waals surface area contributed by atoms with Crippen LogP contribution in [-0.4, -0.2) is 30.6 Å². The third-order valence-electron chi connectivity index (χ3n) is 2.29. The molecule has 0 radical (unpaired) electrons. The minimum Gasteiger partial charge on any atom is -0.494 e. The first-order valence-corrected chi connectivity index (χ1v) is 5.65. The van der Waals surface area contributed by atoms with E-state index >= 15 is 0 Å². The summed E-state index contributed by atoms with van der Waals surface area (Å²) in [5.41, 5.74) is 6.81. The SMILES string of the molecule is CCOc1ccc(C(C(N)=S)N(C)C)cc1. The number of hydrogen-bond donors (Lipinski definition) is 1. The van der Waals surface area contributed by atoms with Crippen molar-refractivity contribution in [3.63, 3.8) is 0 Å². The Labute approximate surface area is 102 Å². The predicted octanol–water partition coefficient (Wildman–Crippen LogP) is 1.97. The van der Waals surface area contributed by atoms with Gasteiger partial charge in [-0.3, -0.25) is 4.90 Å². The van der Waals surface area contributed by atoms with Gasteiger partial charge in [-0.25, -0.2) is 0 Å². The summed E-state index contributed by atoms with van der Waals surface area (Å²) in [6.45, 7) is 2.64. The lowest BCUT2D eigenvalue weighted by Crippen LogP contribution is -2.31. The first-order valence-electron chi connectivity index (χ1n) is 5.24. The van der Waals surface area contributed by atoms with Crippen molar-refractivity contribution in [3.05, 3.63) is 29.8 Å². The number of likely N-dealkylation sites (N-methyl/N-ethyl adjacent to an activating group) is 1. The van der Waals surface area contributed by atoms with Crippen LogP contribution in [0.5, 0.6) is 5.75 Å². The Morgan fingerprint density at radius 1 is 1.38 bits per heavy atom. The molecule has 0 bridgehead atoms. The van der Waals surface area contributed by atoms with Crippen LogP contribution in [0, 0.1) is 0 Å². The average molecular weight is 238 g/mol. The highest BCUT2D eigenvalue weighted by Crippen LogP contribution is 2.21. The quantitative estimate of drug-likeness (QED) is 0.796. The summed E-state index contributed by atoms with van der Waals surface area (Å²) < 4.78 is 5.38. The van der Waals surface area contributed by atoms with Gasteiger partial charge in [-0.15, -0.1) is 0 Å². The number of nitrogens with two attached hydrogens (primary N) is 1. The van der Waals surface area contributed by atoms with Gasteiger partial charge in [0.1, 0.15) is 5.75 Å². The normalized spacial score (nSPS) is 12.5. The molecule has 1 aromatic rings. The van der Waals surface area contributed by atoms with Crippen LogP contribution in [0.2, 0.25) is 0 Å². The van der Waals surface area contributed by atoms with Gasteiger partial charge in [-0.05, 0) is 38.7 Å². The van der Waals surface area contributed by atoms with Crippen LogP contribution in [0.4, 0.5) is 0 Å². The zero-order valence-electron chi connectivity index (χ0n) is 9.93. The Kier molecular flexibility index (Phi) is 4.71. The van der Waals surface area contributed by atoms with Crippen molar-refractivity contribution in [2.75, 3.05) is 20.7 Å². The van der Waals surface area contributed by atoms with E-state index in [1.807, 2.05) is 50.2 Å². The fourth-order valence-corrected chi connectivity index (χ4v) is 1.98. The Morgan fingerprint density at radius 2 is 1.94 bits per heavy atom. The molecule has 1 rings (SSSR count). The lowest BCUT2D eigenvalue weighted by Gasteiger charge is -2.23. The molecule has 1 unspecified atom stereocenters. The maximum Gasteiger partial charge on any atom is 0.119 e. The summed E-state index contributed by atoms with van der Waals surface area (Å²) in [6, 6.07) is 7.84. The molecule has 0 spiro atoms. The Hall–Kier alpha value is -1.13. The van der Waals surface area contributed by atoms with Crippen LogP contribution in [0.25, 0.3) is 0 Å². The van der Waals surface area contributed by atoms with Crippen molar-refractivity contribution in [2.24, 2.45) is 5.73 Å². The standard InChI is InChI=1S/C12H18N2OS/c1-4-15-10-7-5-9(6-8-10)11(12(13)16)14(2)3/h5-8,11H,4H2,1-3H3,(H2,13,16). The molecule has 16 heavy (non-hydrogen) atoms. The highest BCUT2D eigenvalue weighted by Gasteiger charge is 2.16. The summed E-state index contributed by atoms with van der Waals surface area (Å²) in [5, 5.41) is 0. The lowest BCUT2D eigenvalue weighted by atomic mass is 10.1. The number of nitrogens with zero attached hydrogens (tertiary/aromatic N) is 1. The van der Waals surface area contributed by atoms with Gasteiger partial charge in [0.05, 0.1) is 17.6 Å².